The number of benzene rings is 2. The Kier molecular flexibility index (Phi) is 6.21. The predicted molar refractivity (Wildman–Crippen MR) is 94.8 cm³/mol. The maximum atomic E-state index is 12.0. The highest BCUT2D eigenvalue weighted by Crippen LogP contribution is 2.22. The highest BCUT2D eigenvalue weighted by Gasteiger charge is 2.08. The minimum atomic E-state index is -0.308. The van der Waals surface area contributed by atoms with Gasteiger partial charge < -0.3 is 15.4 Å². The second-order valence-electron chi connectivity index (χ2n) is 5.10. The SMILES string of the molecule is CCc1cc(OCC(=O)Nc2cccc(C(=O)NC)c2)ccc1Cl. The molecule has 0 bridgehead atoms. The molecule has 2 amide bonds. The number of hydrogen-bond donors (Lipinski definition) is 2. The van der Waals surface area contributed by atoms with Gasteiger partial charge in [-0.25, -0.2) is 0 Å². The van der Waals surface area contributed by atoms with Gasteiger partial charge in [-0.15, -0.1) is 0 Å². The average Bonchev–Trinajstić information content (AvgIpc) is 2.60. The average molecular weight is 347 g/mol. The molecule has 2 rings (SSSR count). The number of carbonyl (C=O) groups excluding carboxylic acids is 2. The molecule has 0 saturated heterocycles. The molecule has 24 heavy (non-hydrogen) atoms. The van der Waals surface area contributed by atoms with Gasteiger partial charge in [-0.3, -0.25) is 9.59 Å². The monoisotopic (exact) mass is 346 g/mol. The zero-order valence-electron chi connectivity index (χ0n) is 13.6. The Hall–Kier alpha value is -2.53. The molecule has 2 N–H and O–H groups in total. The molecular formula is C18H19ClN2O3. The molecule has 0 spiro atoms. The van der Waals surface area contributed by atoms with Crippen molar-refractivity contribution < 1.29 is 14.3 Å². The summed E-state index contributed by atoms with van der Waals surface area (Å²) in [5.74, 6) is 0.0678. The van der Waals surface area contributed by atoms with Gasteiger partial charge in [-0.1, -0.05) is 24.6 Å². The van der Waals surface area contributed by atoms with Gasteiger partial charge in [0.05, 0.1) is 0 Å². The third kappa shape index (κ3) is 4.73. The largest absolute Gasteiger partial charge is 0.484 e. The highest BCUT2D eigenvalue weighted by molar-refractivity contribution is 6.31. The van der Waals surface area contributed by atoms with Crippen LogP contribution in [0.3, 0.4) is 0 Å². The Morgan fingerprint density at radius 2 is 1.96 bits per heavy atom. The van der Waals surface area contributed by atoms with Gasteiger partial charge in [0.15, 0.2) is 6.61 Å². The molecule has 0 saturated carbocycles. The fourth-order valence-corrected chi connectivity index (χ4v) is 2.39. The van der Waals surface area contributed by atoms with Crippen molar-refractivity contribution in [2.75, 3.05) is 19.0 Å². The number of rotatable bonds is 6. The summed E-state index contributed by atoms with van der Waals surface area (Å²) in [4.78, 5) is 23.6. The third-order valence-electron chi connectivity index (χ3n) is 3.40. The molecule has 0 aromatic heterocycles. The molecule has 0 heterocycles. The summed E-state index contributed by atoms with van der Waals surface area (Å²) >= 11 is 6.05. The summed E-state index contributed by atoms with van der Waals surface area (Å²) in [6.45, 7) is 1.87. The maximum Gasteiger partial charge on any atom is 0.262 e. The number of hydrogen-bond acceptors (Lipinski definition) is 3. The van der Waals surface area contributed by atoms with Gasteiger partial charge in [0.2, 0.25) is 0 Å². The summed E-state index contributed by atoms with van der Waals surface area (Å²) in [6.07, 6.45) is 0.786. The van der Waals surface area contributed by atoms with E-state index in [1.807, 2.05) is 13.0 Å². The Bertz CT molecular complexity index is 747. The molecule has 0 unspecified atom stereocenters. The van der Waals surface area contributed by atoms with E-state index in [0.29, 0.717) is 22.0 Å². The Morgan fingerprint density at radius 1 is 1.17 bits per heavy atom. The van der Waals surface area contributed by atoms with E-state index in [2.05, 4.69) is 10.6 Å². The van der Waals surface area contributed by atoms with Gasteiger partial charge in [-0.2, -0.15) is 0 Å². The van der Waals surface area contributed by atoms with Gasteiger partial charge in [0.1, 0.15) is 5.75 Å². The number of aryl methyl sites for hydroxylation is 1. The molecule has 2 aromatic rings. The van der Waals surface area contributed by atoms with Crippen LogP contribution in [0.15, 0.2) is 42.5 Å². The summed E-state index contributed by atoms with van der Waals surface area (Å²) < 4.78 is 5.49. The molecule has 0 aliphatic carbocycles. The van der Waals surface area contributed by atoms with Crippen LogP contribution in [0.2, 0.25) is 5.02 Å². The first-order valence-corrected chi connectivity index (χ1v) is 7.94. The van der Waals surface area contributed by atoms with Crippen LogP contribution >= 0.6 is 11.6 Å². The van der Waals surface area contributed by atoms with E-state index in [4.69, 9.17) is 16.3 Å². The summed E-state index contributed by atoms with van der Waals surface area (Å²) in [6, 6.07) is 12.0. The Balaban J connectivity index is 1.95. The number of carbonyl (C=O) groups is 2. The quantitative estimate of drug-likeness (QED) is 0.843. The van der Waals surface area contributed by atoms with Crippen LogP contribution in [0.1, 0.15) is 22.8 Å². The molecule has 6 heteroatoms. The lowest BCUT2D eigenvalue weighted by atomic mass is 10.1. The van der Waals surface area contributed by atoms with Gasteiger partial charge in [0, 0.05) is 23.3 Å². The fraction of sp³-hybridized carbons (Fsp3) is 0.222. The zero-order valence-corrected chi connectivity index (χ0v) is 14.3. The second kappa shape index (κ2) is 8.36. The predicted octanol–water partition coefficient (Wildman–Crippen LogP) is 3.28. The van der Waals surface area contributed by atoms with Crippen molar-refractivity contribution in [3.8, 4) is 5.75 Å². The topological polar surface area (TPSA) is 67.4 Å². The minimum absolute atomic E-state index is 0.130. The highest BCUT2D eigenvalue weighted by atomic mass is 35.5. The first-order chi connectivity index (χ1) is 11.5. The zero-order chi connectivity index (χ0) is 17.5. The van der Waals surface area contributed by atoms with E-state index in [1.54, 1.807) is 43.4 Å². The van der Waals surface area contributed by atoms with Crippen molar-refractivity contribution in [2.45, 2.75) is 13.3 Å². The van der Waals surface area contributed by atoms with Crippen LogP contribution in [-0.2, 0) is 11.2 Å². The van der Waals surface area contributed by atoms with E-state index in [9.17, 15) is 9.59 Å². The van der Waals surface area contributed by atoms with Gasteiger partial charge >= 0.3 is 0 Å². The number of amides is 2. The summed E-state index contributed by atoms with van der Waals surface area (Å²) in [7, 11) is 1.55. The van der Waals surface area contributed by atoms with E-state index in [1.165, 1.54) is 0 Å². The first-order valence-electron chi connectivity index (χ1n) is 7.56. The molecule has 5 nitrogen and oxygen atoms in total. The lowest BCUT2D eigenvalue weighted by Gasteiger charge is -2.10. The number of anilines is 1. The van der Waals surface area contributed by atoms with Crippen LogP contribution < -0.4 is 15.4 Å². The van der Waals surface area contributed by atoms with E-state index < -0.39 is 0 Å². The lowest BCUT2D eigenvalue weighted by molar-refractivity contribution is -0.118. The van der Waals surface area contributed by atoms with Crippen molar-refractivity contribution in [3.63, 3.8) is 0 Å². The smallest absolute Gasteiger partial charge is 0.262 e. The van der Waals surface area contributed by atoms with Crippen molar-refractivity contribution in [2.24, 2.45) is 0 Å². The molecule has 0 radical (unpaired) electrons. The van der Waals surface area contributed by atoms with Crippen molar-refractivity contribution in [3.05, 3.63) is 58.6 Å². The molecule has 2 aromatic carbocycles. The minimum Gasteiger partial charge on any atom is -0.484 e. The second-order valence-corrected chi connectivity index (χ2v) is 5.51. The van der Waals surface area contributed by atoms with E-state index in [0.717, 1.165) is 12.0 Å². The van der Waals surface area contributed by atoms with Gasteiger partial charge in [-0.05, 0) is 48.4 Å². The molecule has 126 valence electrons. The maximum absolute atomic E-state index is 12.0. The third-order valence-corrected chi connectivity index (χ3v) is 3.77. The number of ether oxygens (including phenoxy) is 1. The molecule has 0 aliphatic heterocycles. The molecule has 0 atom stereocenters. The van der Waals surface area contributed by atoms with Crippen molar-refractivity contribution in [1.29, 1.82) is 0 Å². The van der Waals surface area contributed by atoms with E-state index in [-0.39, 0.29) is 18.4 Å². The number of nitrogens with one attached hydrogen (secondary N) is 2. The molecule has 0 fully saturated rings. The molecular weight excluding hydrogens is 328 g/mol. The summed E-state index contributed by atoms with van der Waals surface area (Å²) in [5.41, 5.74) is 1.98. The van der Waals surface area contributed by atoms with Crippen LogP contribution in [0.5, 0.6) is 5.75 Å². The van der Waals surface area contributed by atoms with Crippen molar-refractivity contribution in [1.82, 2.24) is 5.32 Å². The summed E-state index contributed by atoms with van der Waals surface area (Å²) in [5, 5.41) is 5.92. The lowest BCUT2D eigenvalue weighted by Crippen LogP contribution is -2.21. The normalized spacial score (nSPS) is 10.1. The standard InChI is InChI=1S/C18H19ClN2O3/c1-3-12-10-15(7-8-16(12)19)24-11-17(22)21-14-6-4-5-13(9-14)18(23)20-2/h4-10H,3,11H2,1-2H3,(H,20,23)(H,21,22). The number of halogens is 1. The molecule has 0 aliphatic rings. The van der Waals surface area contributed by atoms with E-state index >= 15 is 0 Å². The van der Waals surface area contributed by atoms with Crippen LogP contribution in [0.25, 0.3) is 0 Å². The van der Waals surface area contributed by atoms with Crippen LogP contribution in [-0.4, -0.2) is 25.5 Å². The van der Waals surface area contributed by atoms with Gasteiger partial charge in [0.25, 0.3) is 11.8 Å². The van der Waals surface area contributed by atoms with Crippen LogP contribution in [0, 0.1) is 0 Å². The Labute approximate surface area is 146 Å². The van der Waals surface area contributed by atoms with Crippen LogP contribution in [0.4, 0.5) is 5.69 Å². The van der Waals surface area contributed by atoms with Crippen molar-refractivity contribution >= 4 is 29.1 Å². The Morgan fingerprint density at radius 3 is 2.67 bits per heavy atom. The first kappa shape index (κ1) is 17.8. The fourth-order valence-electron chi connectivity index (χ4n) is 2.14.